The first-order valence-electron chi connectivity index (χ1n) is 9.18. The monoisotopic (exact) mass is 383 g/mol. The molecule has 1 aliphatic rings. The lowest BCUT2D eigenvalue weighted by atomic mass is 10.1. The Kier molecular flexibility index (Phi) is 6.09. The van der Waals surface area contributed by atoms with Crippen molar-refractivity contribution in [2.24, 2.45) is 10.3 Å². The average molecular weight is 383 g/mol. The van der Waals surface area contributed by atoms with Crippen LogP contribution in [0.4, 0.5) is 5.95 Å². The van der Waals surface area contributed by atoms with Crippen molar-refractivity contribution in [2.75, 3.05) is 25.0 Å². The Morgan fingerprint density at radius 2 is 2.18 bits per heavy atom. The van der Waals surface area contributed by atoms with Gasteiger partial charge in [0.15, 0.2) is 5.84 Å². The molecule has 1 saturated heterocycles. The quantitative estimate of drug-likeness (QED) is 0.258. The Morgan fingerprint density at radius 1 is 1.36 bits per heavy atom. The van der Waals surface area contributed by atoms with Crippen LogP contribution in [0.5, 0.6) is 5.75 Å². The Hall–Kier alpha value is -3.14. The number of aromatic nitrogens is 3. The van der Waals surface area contributed by atoms with Crippen molar-refractivity contribution in [3.8, 4) is 17.0 Å². The van der Waals surface area contributed by atoms with E-state index in [4.69, 9.17) is 5.41 Å². The maximum Gasteiger partial charge on any atom is 0.245 e. The highest BCUT2D eigenvalue weighted by molar-refractivity contribution is 5.97. The Morgan fingerprint density at radius 3 is 2.82 bits per heavy atom. The number of benzene rings is 1. The zero-order chi connectivity index (χ0) is 20.1. The number of nitrogens with zero attached hydrogens (tertiary/aromatic N) is 6. The fraction of sp³-hybridized carbons (Fsp3) is 0.444. The van der Waals surface area contributed by atoms with E-state index < -0.39 is 0 Å². The fourth-order valence-corrected chi connectivity index (χ4v) is 3.14. The largest absolute Gasteiger partial charge is 0.507 e. The fourth-order valence-electron chi connectivity index (χ4n) is 3.14. The van der Waals surface area contributed by atoms with E-state index in [9.17, 15) is 5.11 Å². The van der Waals surface area contributed by atoms with Crippen LogP contribution < -0.4 is 15.6 Å². The minimum atomic E-state index is -0.0608. The molecule has 0 radical (unpaired) electrons. The lowest BCUT2D eigenvalue weighted by Crippen LogP contribution is -2.37. The second kappa shape index (κ2) is 8.70. The van der Waals surface area contributed by atoms with Crippen molar-refractivity contribution in [1.82, 2.24) is 25.9 Å². The number of hydrogen-bond acceptors (Lipinski definition) is 8. The summed E-state index contributed by atoms with van der Waals surface area (Å²) in [6, 6.07) is 5.65. The third kappa shape index (κ3) is 4.58. The predicted molar refractivity (Wildman–Crippen MR) is 107 cm³/mol. The van der Waals surface area contributed by atoms with Crippen LogP contribution in [-0.2, 0) is 0 Å². The van der Waals surface area contributed by atoms with Gasteiger partial charge in [-0.15, -0.1) is 15.3 Å². The van der Waals surface area contributed by atoms with Crippen LogP contribution >= 0.6 is 0 Å². The van der Waals surface area contributed by atoms with Crippen LogP contribution in [-0.4, -0.2) is 58.3 Å². The summed E-state index contributed by atoms with van der Waals surface area (Å²) in [6.45, 7) is 6.01. The van der Waals surface area contributed by atoms with Gasteiger partial charge in [0.25, 0.3) is 0 Å². The topological polar surface area (TPSA) is 135 Å². The molecule has 4 N–H and O–H groups in total. The van der Waals surface area contributed by atoms with Gasteiger partial charge in [-0.05, 0) is 18.6 Å². The van der Waals surface area contributed by atoms with Gasteiger partial charge in [-0.1, -0.05) is 25.1 Å². The van der Waals surface area contributed by atoms with Crippen molar-refractivity contribution in [1.29, 1.82) is 5.41 Å². The second-order valence-electron chi connectivity index (χ2n) is 6.90. The van der Waals surface area contributed by atoms with Gasteiger partial charge in [-0.25, -0.2) is 4.98 Å². The highest BCUT2D eigenvalue weighted by Crippen LogP contribution is 2.28. The van der Waals surface area contributed by atoms with Gasteiger partial charge in [0.1, 0.15) is 11.4 Å². The van der Waals surface area contributed by atoms with Crippen molar-refractivity contribution in [2.45, 2.75) is 32.4 Å². The Balaban J connectivity index is 1.71. The van der Waals surface area contributed by atoms with E-state index in [-0.39, 0.29) is 11.6 Å². The molecule has 1 atom stereocenters. The SMILES string of the molecule is CN/N=N\C(=N)c1ccc(-c2cnc(N3CCC(NC(C)C)C3)nn2)c(O)c1. The van der Waals surface area contributed by atoms with Crippen LogP contribution in [0.15, 0.2) is 34.7 Å². The van der Waals surface area contributed by atoms with Crippen LogP contribution in [0.1, 0.15) is 25.8 Å². The van der Waals surface area contributed by atoms with E-state index in [1.165, 1.54) is 6.07 Å². The van der Waals surface area contributed by atoms with Gasteiger partial charge < -0.3 is 15.3 Å². The molecule has 0 aliphatic carbocycles. The molecule has 0 amide bonds. The summed E-state index contributed by atoms with van der Waals surface area (Å²) in [6.07, 6.45) is 2.65. The minimum Gasteiger partial charge on any atom is -0.507 e. The number of phenolic OH excluding ortho intramolecular Hbond substituents is 1. The first-order valence-corrected chi connectivity index (χ1v) is 9.18. The molecule has 10 nitrogen and oxygen atoms in total. The summed E-state index contributed by atoms with van der Waals surface area (Å²) >= 11 is 0. The molecule has 10 heteroatoms. The molecule has 1 aromatic carbocycles. The van der Waals surface area contributed by atoms with Gasteiger partial charge in [0.2, 0.25) is 5.95 Å². The molecule has 1 aromatic heterocycles. The molecule has 1 unspecified atom stereocenters. The van der Waals surface area contributed by atoms with Crippen LogP contribution in [0.2, 0.25) is 0 Å². The van der Waals surface area contributed by atoms with E-state index in [1.54, 1.807) is 25.4 Å². The molecule has 0 spiro atoms. The second-order valence-corrected chi connectivity index (χ2v) is 6.90. The van der Waals surface area contributed by atoms with E-state index in [1.807, 2.05) is 0 Å². The predicted octanol–water partition coefficient (Wildman–Crippen LogP) is 1.73. The average Bonchev–Trinajstić information content (AvgIpc) is 3.14. The van der Waals surface area contributed by atoms with Crippen LogP contribution in [0.25, 0.3) is 11.3 Å². The maximum absolute atomic E-state index is 10.3. The summed E-state index contributed by atoms with van der Waals surface area (Å²) in [5.74, 6) is 0.504. The molecule has 2 heterocycles. The third-order valence-corrected chi connectivity index (χ3v) is 4.39. The van der Waals surface area contributed by atoms with E-state index in [0.717, 1.165) is 19.5 Å². The normalized spacial score (nSPS) is 16.9. The first-order chi connectivity index (χ1) is 13.5. The standard InChI is InChI=1S/C18H25N9O/c1-11(2)22-13-6-7-27(10-13)18-21-9-15(23-25-18)14-5-4-12(8-16(14)28)17(19)24-26-20-3/h4-5,8-9,11,13,22,28H,6-7,10H2,1-3H3,(H2,19,20,24). The summed E-state index contributed by atoms with van der Waals surface area (Å²) in [5.41, 5.74) is 3.88. The number of hydrogen-bond donors (Lipinski definition) is 4. The van der Waals surface area contributed by atoms with Gasteiger partial charge in [-0.3, -0.25) is 10.8 Å². The van der Waals surface area contributed by atoms with Gasteiger partial charge in [0, 0.05) is 43.3 Å². The van der Waals surface area contributed by atoms with Crippen LogP contribution in [0.3, 0.4) is 0 Å². The molecule has 1 aliphatic heterocycles. The van der Waals surface area contributed by atoms with E-state index >= 15 is 0 Å². The number of phenols is 1. The molecule has 0 bridgehead atoms. The molecule has 1 fully saturated rings. The molecular weight excluding hydrogens is 358 g/mol. The zero-order valence-corrected chi connectivity index (χ0v) is 16.2. The van der Waals surface area contributed by atoms with Crippen molar-refractivity contribution < 1.29 is 5.11 Å². The zero-order valence-electron chi connectivity index (χ0n) is 16.2. The Labute approximate surface area is 163 Å². The van der Waals surface area contributed by atoms with E-state index in [2.05, 4.69) is 55.0 Å². The number of amidine groups is 1. The molecular formula is C18H25N9O. The molecule has 148 valence electrons. The summed E-state index contributed by atoms with van der Waals surface area (Å²) in [7, 11) is 1.59. The number of nitrogens with one attached hydrogen (secondary N) is 3. The number of aromatic hydroxyl groups is 1. The van der Waals surface area contributed by atoms with Crippen LogP contribution in [0, 0.1) is 5.41 Å². The molecule has 3 rings (SSSR count). The van der Waals surface area contributed by atoms with Crippen molar-refractivity contribution in [3.63, 3.8) is 0 Å². The van der Waals surface area contributed by atoms with Gasteiger partial charge in [0.05, 0.1) is 6.20 Å². The Bertz CT molecular complexity index is 851. The summed E-state index contributed by atoms with van der Waals surface area (Å²) < 4.78 is 0. The lowest BCUT2D eigenvalue weighted by Gasteiger charge is -2.18. The van der Waals surface area contributed by atoms with Crippen molar-refractivity contribution >= 4 is 11.8 Å². The molecule has 28 heavy (non-hydrogen) atoms. The minimum absolute atomic E-state index is 0.0203. The number of anilines is 1. The van der Waals surface area contributed by atoms with Crippen molar-refractivity contribution in [3.05, 3.63) is 30.0 Å². The smallest absolute Gasteiger partial charge is 0.245 e. The molecule has 2 aromatic rings. The molecule has 0 saturated carbocycles. The lowest BCUT2D eigenvalue weighted by molar-refractivity contribution is 0.477. The van der Waals surface area contributed by atoms with Gasteiger partial charge in [-0.2, -0.15) is 0 Å². The van der Waals surface area contributed by atoms with Gasteiger partial charge >= 0.3 is 0 Å². The summed E-state index contributed by atoms with van der Waals surface area (Å²) in [4.78, 5) is 6.52. The summed E-state index contributed by atoms with van der Waals surface area (Å²) in [5, 5.41) is 37.4. The maximum atomic E-state index is 10.3. The highest BCUT2D eigenvalue weighted by Gasteiger charge is 2.25. The highest BCUT2D eigenvalue weighted by atomic mass is 16.3. The number of rotatable bonds is 6. The third-order valence-electron chi connectivity index (χ3n) is 4.39. The first kappa shape index (κ1) is 19.6. The van der Waals surface area contributed by atoms with E-state index in [0.29, 0.717) is 34.9 Å².